The third-order valence-corrected chi connectivity index (χ3v) is 3.92. The Morgan fingerprint density at radius 3 is 2.90 bits per heavy atom. The number of hydrogen-bond donors (Lipinski definition) is 0. The number of fused-ring (bicyclic) bond motifs is 1. The van der Waals surface area contributed by atoms with Crippen molar-refractivity contribution in [3.8, 4) is 0 Å². The summed E-state index contributed by atoms with van der Waals surface area (Å²) in [6.07, 6.45) is 3.05. The van der Waals surface area contributed by atoms with Gasteiger partial charge in [0.05, 0.1) is 5.52 Å². The van der Waals surface area contributed by atoms with Crippen LogP contribution >= 0.6 is 11.6 Å². The van der Waals surface area contributed by atoms with Gasteiger partial charge in [0.25, 0.3) is 0 Å². The van der Waals surface area contributed by atoms with Crippen molar-refractivity contribution in [3.63, 3.8) is 0 Å². The molecule has 2 aromatic rings. The molecule has 0 N–H and O–H groups in total. The molecule has 0 aliphatic carbocycles. The second-order valence-corrected chi connectivity index (χ2v) is 5.48. The highest BCUT2D eigenvalue weighted by Gasteiger charge is 2.16. The molecule has 1 aromatic heterocycles. The fraction of sp³-hybridized carbons (Fsp3) is 0.467. The summed E-state index contributed by atoms with van der Waals surface area (Å²) in [5, 5.41) is 1.09. The monoisotopic (exact) mass is 290 g/mol. The van der Waals surface area contributed by atoms with Gasteiger partial charge in [0.2, 0.25) is 5.95 Å². The molecule has 0 bridgehead atoms. The van der Waals surface area contributed by atoms with Crippen LogP contribution in [-0.4, -0.2) is 53.5 Å². The second kappa shape index (κ2) is 6.37. The normalized spacial score (nSPS) is 17.4. The Hall–Kier alpha value is -1.39. The quantitative estimate of drug-likeness (QED) is 0.813. The molecule has 106 valence electrons. The molecule has 1 fully saturated rings. The number of aromatic nitrogens is 2. The van der Waals surface area contributed by atoms with Crippen LogP contribution in [0.3, 0.4) is 0 Å². The molecule has 0 spiro atoms. The minimum absolute atomic E-state index is 0.701. The third kappa shape index (κ3) is 3.02. The molecule has 0 atom stereocenters. The van der Waals surface area contributed by atoms with Crippen molar-refractivity contribution in [2.24, 2.45) is 0 Å². The van der Waals surface area contributed by atoms with E-state index in [1.54, 1.807) is 0 Å². The maximum absolute atomic E-state index is 5.83. The van der Waals surface area contributed by atoms with Crippen LogP contribution < -0.4 is 4.90 Å². The lowest BCUT2D eigenvalue weighted by Gasteiger charge is -2.21. The van der Waals surface area contributed by atoms with Gasteiger partial charge < -0.3 is 9.80 Å². The number of para-hydroxylation sites is 1. The molecular weight excluding hydrogens is 272 g/mol. The van der Waals surface area contributed by atoms with E-state index in [0.29, 0.717) is 5.88 Å². The van der Waals surface area contributed by atoms with Crippen LogP contribution in [0, 0.1) is 0 Å². The average molecular weight is 291 g/mol. The lowest BCUT2D eigenvalue weighted by atomic mass is 10.2. The van der Waals surface area contributed by atoms with Crippen molar-refractivity contribution < 1.29 is 0 Å². The molecular formula is C15H19ClN4. The third-order valence-electron chi connectivity index (χ3n) is 3.75. The van der Waals surface area contributed by atoms with Crippen LogP contribution in [-0.2, 0) is 0 Å². The van der Waals surface area contributed by atoms with Crippen LogP contribution in [0.25, 0.3) is 10.9 Å². The Morgan fingerprint density at radius 2 is 2.00 bits per heavy atom. The van der Waals surface area contributed by atoms with E-state index in [1.807, 2.05) is 30.5 Å². The van der Waals surface area contributed by atoms with Crippen molar-refractivity contribution in [2.75, 3.05) is 43.5 Å². The topological polar surface area (TPSA) is 32.3 Å². The van der Waals surface area contributed by atoms with E-state index in [1.165, 1.54) is 0 Å². The van der Waals surface area contributed by atoms with Gasteiger partial charge in [0.1, 0.15) is 0 Å². The predicted octanol–water partition coefficient (Wildman–Crippen LogP) is 2.38. The Kier molecular flexibility index (Phi) is 4.33. The van der Waals surface area contributed by atoms with Gasteiger partial charge in [-0.25, -0.2) is 9.97 Å². The van der Waals surface area contributed by atoms with Gasteiger partial charge >= 0.3 is 0 Å². The Labute approximate surface area is 124 Å². The summed E-state index contributed by atoms with van der Waals surface area (Å²) in [5.41, 5.74) is 1.01. The van der Waals surface area contributed by atoms with Crippen LogP contribution in [0.5, 0.6) is 0 Å². The summed E-state index contributed by atoms with van der Waals surface area (Å²) in [6.45, 7) is 5.08. The largest absolute Gasteiger partial charge is 0.339 e. The highest BCUT2D eigenvalue weighted by molar-refractivity contribution is 6.18. The van der Waals surface area contributed by atoms with Gasteiger partial charge in [-0.1, -0.05) is 18.2 Å². The second-order valence-electron chi connectivity index (χ2n) is 5.10. The molecule has 1 aliphatic rings. The average Bonchev–Trinajstić information content (AvgIpc) is 2.73. The van der Waals surface area contributed by atoms with Gasteiger partial charge in [-0.3, -0.25) is 0 Å². The van der Waals surface area contributed by atoms with E-state index in [2.05, 4.69) is 19.8 Å². The van der Waals surface area contributed by atoms with Crippen LogP contribution in [0.2, 0.25) is 0 Å². The number of alkyl halides is 1. The van der Waals surface area contributed by atoms with Gasteiger partial charge in [0, 0.05) is 43.6 Å². The van der Waals surface area contributed by atoms with Crippen molar-refractivity contribution in [3.05, 3.63) is 30.5 Å². The first kappa shape index (κ1) is 13.6. The van der Waals surface area contributed by atoms with Crippen molar-refractivity contribution in [1.29, 1.82) is 0 Å². The number of halogens is 1. The maximum Gasteiger partial charge on any atom is 0.225 e. The van der Waals surface area contributed by atoms with Crippen LogP contribution in [0.1, 0.15) is 6.42 Å². The van der Waals surface area contributed by atoms with Gasteiger partial charge in [-0.05, 0) is 19.0 Å². The summed E-state index contributed by atoms with van der Waals surface area (Å²) in [7, 11) is 0. The fourth-order valence-electron chi connectivity index (χ4n) is 2.63. The first-order chi connectivity index (χ1) is 9.86. The number of anilines is 1. The minimum atomic E-state index is 0.701. The van der Waals surface area contributed by atoms with Crippen LogP contribution in [0.15, 0.2) is 30.5 Å². The van der Waals surface area contributed by atoms with E-state index >= 15 is 0 Å². The summed E-state index contributed by atoms with van der Waals surface area (Å²) < 4.78 is 0. The smallest absolute Gasteiger partial charge is 0.225 e. The Bertz CT molecular complexity index is 575. The molecule has 0 saturated carbocycles. The molecule has 0 radical (unpaired) electrons. The fourth-order valence-corrected chi connectivity index (χ4v) is 2.87. The first-order valence-electron chi connectivity index (χ1n) is 7.12. The zero-order valence-electron chi connectivity index (χ0n) is 11.5. The lowest BCUT2D eigenvalue weighted by molar-refractivity contribution is 0.311. The molecule has 2 heterocycles. The van der Waals surface area contributed by atoms with Crippen molar-refractivity contribution >= 4 is 28.5 Å². The van der Waals surface area contributed by atoms with E-state index < -0.39 is 0 Å². The maximum atomic E-state index is 5.83. The van der Waals surface area contributed by atoms with Crippen LogP contribution in [0.4, 0.5) is 5.95 Å². The summed E-state index contributed by atoms with van der Waals surface area (Å²) in [5.74, 6) is 1.54. The summed E-state index contributed by atoms with van der Waals surface area (Å²) in [4.78, 5) is 13.9. The molecule has 0 amide bonds. The summed E-state index contributed by atoms with van der Waals surface area (Å²) in [6, 6.07) is 8.12. The highest BCUT2D eigenvalue weighted by Crippen LogP contribution is 2.16. The van der Waals surface area contributed by atoms with Crippen molar-refractivity contribution in [2.45, 2.75) is 6.42 Å². The lowest BCUT2D eigenvalue weighted by Crippen LogP contribution is -2.32. The zero-order valence-corrected chi connectivity index (χ0v) is 12.3. The number of benzene rings is 1. The van der Waals surface area contributed by atoms with Crippen molar-refractivity contribution in [1.82, 2.24) is 14.9 Å². The number of nitrogens with zero attached hydrogens (tertiary/aromatic N) is 4. The molecule has 1 saturated heterocycles. The first-order valence-corrected chi connectivity index (χ1v) is 7.65. The molecule has 0 unspecified atom stereocenters. The molecule has 1 aromatic carbocycles. The highest BCUT2D eigenvalue weighted by atomic mass is 35.5. The minimum Gasteiger partial charge on any atom is -0.339 e. The Morgan fingerprint density at radius 1 is 1.10 bits per heavy atom. The molecule has 5 heteroatoms. The SMILES string of the molecule is ClCCN1CCCN(c2ncc3ccccc3n2)CC1. The molecule has 3 rings (SSSR count). The predicted molar refractivity (Wildman–Crippen MR) is 83.5 cm³/mol. The summed E-state index contributed by atoms with van der Waals surface area (Å²) >= 11 is 5.83. The Balaban J connectivity index is 1.77. The molecule has 20 heavy (non-hydrogen) atoms. The van der Waals surface area contributed by atoms with Gasteiger partial charge in [0.15, 0.2) is 0 Å². The number of hydrogen-bond acceptors (Lipinski definition) is 4. The van der Waals surface area contributed by atoms with E-state index in [9.17, 15) is 0 Å². The molecule has 1 aliphatic heterocycles. The van der Waals surface area contributed by atoms with E-state index in [4.69, 9.17) is 11.6 Å². The van der Waals surface area contributed by atoms with E-state index in [0.717, 1.165) is 56.0 Å². The van der Waals surface area contributed by atoms with E-state index in [-0.39, 0.29) is 0 Å². The standard InChI is InChI=1S/C15H19ClN4/c16-6-9-19-7-3-8-20(11-10-19)15-17-12-13-4-1-2-5-14(13)18-15/h1-2,4-5,12H,3,6-11H2. The van der Waals surface area contributed by atoms with Gasteiger partial charge in [-0.15, -0.1) is 11.6 Å². The van der Waals surface area contributed by atoms with Gasteiger partial charge in [-0.2, -0.15) is 0 Å². The number of rotatable bonds is 3. The molecule has 4 nitrogen and oxygen atoms in total. The zero-order chi connectivity index (χ0) is 13.8.